The molecular weight excluding hydrogens is 184 g/mol. The van der Waals surface area contributed by atoms with Gasteiger partial charge in [-0.05, 0) is 25.1 Å². The molecule has 0 fully saturated rings. The second kappa shape index (κ2) is 8.38. The first kappa shape index (κ1) is 12.8. The van der Waals surface area contributed by atoms with Crippen molar-refractivity contribution >= 4 is 17.7 Å². The van der Waals surface area contributed by atoms with Crippen LogP contribution in [0, 0.1) is 5.92 Å². The Balaban J connectivity index is 3.20. The summed E-state index contributed by atoms with van der Waals surface area (Å²) < 4.78 is 0. The van der Waals surface area contributed by atoms with E-state index in [1.807, 2.05) is 6.92 Å². The zero-order valence-corrected chi connectivity index (χ0v) is 9.32. The van der Waals surface area contributed by atoms with Crippen molar-refractivity contribution in [3.05, 3.63) is 0 Å². The van der Waals surface area contributed by atoms with Gasteiger partial charge >= 0.3 is 0 Å². The molecular formula is C9H20N2OS. The molecule has 0 aromatic rings. The summed E-state index contributed by atoms with van der Waals surface area (Å²) in [4.78, 5) is 11.0. The van der Waals surface area contributed by atoms with Crippen molar-refractivity contribution in [2.24, 2.45) is 11.7 Å². The fourth-order valence-corrected chi connectivity index (χ4v) is 1.84. The molecule has 0 saturated heterocycles. The van der Waals surface area contributed by atoms with Crippen molar-refractivity contribution in [3.8, 4) is 0 Å². The molecule has 0 saturated carbocycles. The molecule has 1 unspecified atom stereocenters. The van der Waals surface area contributed by atoms with Crippen LogP contribution in [-0.4, -0.2) is 30.5 Å². The standard InChI is InChI=1S/C9H20N2OS/c1-3-11-9(12)4-5-13-7-8(2)6-10/h8H,3-7,10H2,1-2H3,(H,11,12). The van der Waals surface area contributed by atoms with E-state index in [0.29, 0.717) is 12.3 Å². The lowest BCUT2D eigenvalue weighted by molar-refractivity contribution is -0.120. The smallest absolute Gasteiger partial charge is 0.220 e. The van der Waals surface area contributed by atoms with Gasteiger partial charge in [-0.1, -0.05) is 6.92 Å². The van der Waals surface area contributed by atoms with Crippen LogP contribution >= 0.6 is 11.8 Å². The van der Waals surface area contributed by atoms with E-state index in [9.17, 15) is 4.79 Å². The molecule has 4 heteroatoms. The normalized spacial score (nSPS) is 12.5. The van der Waals surface area contributed by atoms with E-state index in [1.165, 1.54) is 0 Å². The van der Waals surface area contributed by atoms with E-state index < -0.39 is 0 Å². The van der Waals surface area contributed by atoms with Crippen LogP contribution in [-0.2, 0) is 4.79 Å². The van der Waals surface area contributed by atoms with Crippen LogP contribution in [0.1, 0.15) is 20.3 Å². The van der Waals surface area contributed by atoms with E-state index in [4.69, 9.17) is 5.73 Å². The average Bonchev–Trinajstić information content (AvgIpc) is 2.12. The number of nitrogens with one attached hydrogen (secondary N) is 1. The van der Waals surface area contributed by atoms with Gasteiger partial charge in [0.2, 0.25) is 5.91 Å². The molecule has 0 aliphatic rings. The SMILES string of the molecule is CCNC(=O)CCSCC(C)CN. The monoisotopic (exact) mass is 204 g/mol. The summed E-state index contributed by atoms with van der Waals surface area (Å²) in [5, 5.41) is 2.77. The van der Waals surface area contributed by atoms with E-state index >= 15 is 0 Å². The number of nitrogens with two attached hydrogens (primary N) is 1. The van der Waals surface area contributed by atoms with Gasteiger partial charge < -0.3 is 11.1 Å². The number of carbonyl (C=O) groups excluding carboxylic acids is 1. The Morgan fingerprint density at radius 1 is 1.62 bits per heavy atom. The second-order valence-electron chi connectivity index (χ2n) is 3.12. The predicted octanol–water partition coefficient (Wildman–Crippen LogP) is 0.841. The Morgan fingerprint density at radius 3 is 2.85 bits per heavy atom. The fourth-order valence-electron chi connectivity index (χ4n) is 0.803. The number of hydrogen-bond donors (Lipinski definition) is 2. The zero-order valence-electron chi connectivity index (χ0n) is 8.51. The largest absolute Gasteiger partial charge is 0.356 e. The molecule has 3 nitrogen and oxygen atoms in total. The van der Waals surface area contributed by atoms with Crippen molar-refractivity contribution in [3.63, 3.8) is 0 Å². The third kappa shape index (κ3) is 8.12. The van der Waals surface area contributed by atoms with E-state index in [0.717, 1.165) is 24.6 Å². The van der Waals surface area contributed by atoms with Crippen molar-refractivity contribution in [2.45, 2.75) is 20.3 Å². The molecule has 3 N–H and O–H groups in total. The van der Waals surface area contributed by atoms with Crippen molar-refractivity contribution in [1.82, 2.24) is 5.32 Å². The third-order valence-electron chi connectivity index (χ3n) is 1.65. The first-order valence-corrected chi connectivity index (χ1v) is 5.90. The molecule has 0 aromatic heterocycles. The van der Waals surface area contributed by atoms with Crippen LogP contribution in [0.15, 0.2) is 0 Å². The molecule has 0 aromatic carbocycles. The molecule has 0 bridgehead atoms. The highest BCUT2D eigenvalue weighted by molar-refractivity contribution is 7.99. The molecule has 13 heavy (non-hydrogen) atoms. The maximum absolute atomic E-state index is 11.0. The van der Waals surface area contributed by atoms with Gasteiger partial charge in [0.25, 0.3) is 0 Å². The van der Waals surface area contributed by atoms with Gasteiger partial charge in [0, 0.05) is 18.7 Å². The van der Waals surface area contributed by atoms with Crippen LogP contribution in [0.3, 0.4) is 0 Å². The summed E-state index contributed by atoms with van der Waals surface area (Å²) in [7, 11) is 0. The van der Waals surface area contributed by atoms with Crippen LogP contribution in [0.2, 0.25) is 0 Å². The molecule has 0 heterocycles. The highest BCUT2D eigenvalue weighted by Gasteiger charge is 2.01. The maximum atomic E-state index is 11.0. The van der Waals surface area contributed by atoms with Crippen LogP contribution in [0.5, 0.6) is 0 Å². The predicted molar refractivity (Wildman–Crippen MR) is 58.8 cm³/mol. The second-order valence-corrected chi connectivity index (χ2v) is 4.27. The summed E-state index contributed by atoms with van der Waals surface area (Å²) in [5.74, 6) is 2.65. The van der Waals surface area contributed by atoms with Gasteiger partial charge in [-0.3, -0.25) is 4.79 Å². The van der Waals surface area contributed by atoms with Crippen molar-refractivity contribution in [1.29, 1.82) is 0 Å². The van der Waals surface area contributed by atoms with Gasteiger partial charge in [0.05, 0.1) is 0 Å². The maximum Gasteiger partial charge on any atom is 0.220 e. The van der Waals surface area contributed by atoms with E-state index in [2.05, 4.69) is 12.2 Å². The molecule has 0 radical (unpaired) electrons. The number of amides is 1. The topological polar surface area (TPSA) is 55.1 Å². The Labute approximate surface area is 84.8 Å². The lowest BCUT2D eigenvalue weighted by Gasteiger charge is -2.07. The van der Waals surface area contributed by atoms with Gasteiger partial charge in [-0.15, -0.1) is 0 Å². The molecule has 0 aliphatic heterocycles. The summed E-state index contributed by atoms with van der Waals surface area (Å²) in [5.41, 5.74) is 5.47. The highest BCUT2D eigenvalue weighted by atomic mass is 32.2. The highest BCUT2D eigenvalue weighted by Crippen LogP contribution is 2.08. The number of hydrogen-bond acceptors (Lipinski definition) is 3. The van der Waals surface area contributed by atoms with Crippen LogP contribution in [0.4, 0.5) is 0 Å². The number of thioether (sulfide) groups is 1. The number of rotatable bonds is 7. The van der Waals surface area contributed by atoms with Crippen LogP contribution in [0.25, 0.3) is 0 Å². The Morgan fingerprint density at radius 2 is 2.31 bits per heavy atom. The quantitative estimate of drug-likeness (QED) is 0.604. The van der Waals surface area contributed by atoms with E-state index in [1.54, 1.807) is 11.8 Å². The summed E-state index contributed by atoms with van der Waals surface area (Å²) in [6.45, 7) is 5.51. The lowest BCUT2D eigenvalue weighted by atomic mass is 10.2. The fraction of sp³-hybridized carbons (Fsp3) is 0.889. The van der Waals surface area contributed by atoms with Crippen molar-refractivity contribution < 1.29 is 4.79 Å². The van der Waals surface area contributed by atoms with E-state index in [-0.39, 0.29) is 5.91 Å². The van der Waals surface area contributed by atoms with Gasteiger partial charge in [-0.2, -0.15) is 11.8 Å². The zero-order chi connectivity index (χ0) is 10.1. The Hall–Kier alpha value is -0.220. The summed E-state index contributed by atoms with van der Waals surface area (Å²) in [6, 6.07) is 0. The minimum Gasteiger partial charge on any atom is -0.356 e. The number of carbonyl (C=O) groups is 1. The van der Waals surface area contributed by atoms with Gasteiger partial charge in [-0.25, -0.2) is 0 Å². The van der Waals surface area contributed by atoms with Gasteiger partial charge in [0.15, 0.2) is 0 Å². The summed E-state index contributed by atoms with van der Waals surface area (Å²) in [6.07, 6.45) is 0.621. The van der Waals surface area contributed by atoms with Crippen molar-refractivity contribution in [2.75, 3.05) is 24.6 Å². The molecule has 0 rings (SSSR count). The first-order chi connectivity index (χ1) is 6.20. The third-order valence-corrected chi connectivity index (χ3v) is 2.95. The summed E-state index contributed by atoms with van der Waals surface area (Å²) >= 11 is 1.80. The molecule has 1 amide bonds. The Kier molecular flexibility index (Phi) is 8.24. The van der Waals surface area contributed by atoms with Gasteiger partial charge in [0.1, 0.15) is 0 Å². The minimum atomic E-state index is 0.149. The molecule has 1 atom stereocenters. The molecule has 0 spiro atoms. The van der Waals surface area contributed by atoms with Crippen LogP contribution < -0.4 is 11.1 Å². The molecule has 0 aliphatic carbocycles. The first-order valence-electron chi connectivity index (χ1n) is 4.75. The molecule has 78 valence electrons. The Bertz CT molecular complexity index is 142. The minimum absolute atomic E-state index is 0.149. The lowest BCUT2D eigenvalue weighted by Crippen LogP contribution is -2.23. The average molecular weight is 204 g/mol.